The summed E-state index contributed by atoms with van der Waals surface area (Å²) >= 11 is 0. The zero-order valence-electron chi connectivity index (χ0n) is 17.3. The fourth-order valence-corrected chi connectivity index (χ4v) is 4.42. The van der Waals surface area contributed by atoms with Crippen LogP contribution in [0.4, 0.5) is 0 Å². The van der Waals surface area contributed by atoms with Crippen LogP contribution < -0.4 is 5.56 Å². The Morgan fingerprint density at radius 3 is 2.38 bits per heavy atom. The molecule has 2 heterocycles. The molecule has 29 heavy (non-hydrogen) atoms. The maximum absolute atomic E-state index is 12.8. The molecule has 2 aromatic heterocycles. The minimum atomic E-state index is -2.80. The highest BCUT2D eigenvalue weighted by Gasteiger charge is 2.29. The topological polar surface area (TPSA) is 93.1 Å². The first-order chi connectivity index (χ1) is 13.7. The van der Waals surface area contributed by atoms with Crippen LogP contribution in [0.2, 0.25) is 0 Å². The van der Waals surface area contributed by atoms with Gasteiger partial charge in [0.25, 0.3) is 5.56 Å². The van der Waals surface area contributed by atoms with E-state index < -0.39 is 9.73 Å². The standard InChI is InChI=1S/C21H27N5O2S/c1-13(2)18-12-25(21-23-19(16-7-8-16)24-26(21)20(18)27)11-15-5-9-17(10-6-15)29(22,28)14(3)4/h5-6,9-10,12-14,16,22H,7-8,11H2,1-4H3. The first-order valence-corrected chi connectivity index (χ1v) is 11.7. The summed E-state index contributed by atoms with van der Waals surface area (Å²) in [5.41, 5.74) is 1.59. The normalized spacial score (nSPS) is 16.6. The zero-order chi connectivity index (χ0) is 20.9. The Morgan fingerprint density at radius 2 is 1.83 bits per heavy atom. The highest BCUT2D eigenvalue weighted by molar-refractivity contribution is 7.93. The average Bonchev–Trinajstić information content (AvgIpc) is 3.42. The van der Waals surface area contributed by atoms with Crippen molar-refractivity contribution in [1.29, 1.82) is 4.78 Å². The molecule has 8 heteroatoms. The molecule has 1 fully saturated rings. The number of fused-ring (bicyclic) bond motifs is 1. The van der Waals surface area contributed by atoms with E-state index in [9.17, 15) is 9.00 Å². The van der Waals surface area contributed by atoms with Crippen LogP contribution in [0.5, 0.6) is 0 Å². The molecular weight excluding hydrogens is 386 g/mol. The van der Waals surface area contributed by atoms with Crippen LogP contribution in [0.25, 0.3) is 5.78 Å². The average molecular weight is 414 g/mol. The summed E-state index contributed by atoms with van der Waals surface area (Å²) < 4.78 is 24.1. The number of hydrogen-bond donors (Lipinski definition) is 1. The van der Waals surface area contributed by atoms with E-state index in [4.69, 9.17) is 4.78 Å². The molecule has 4 rings (SSSR count). The molecule has 154 valence electrons. The molecule has 1 saturated carbocycles. The molecule has 0 aliphatic heterocycles. The maximum atomic E-state index is 12.8. The van der Waals surface area contributed by atoms with Crippen molar-refractivity contribution in [2.45, 2.75) is 69.1 Å². The lowest BCUT2D eigenvalue weighted by Gasteiger charge is -2.14. The minimum absolute atomic E-state index is 0.0770. The number of nitrogens with one attached hydrogen (secondary N) is 1. The predicted octanol–water partition coefficient (Wildman–Crippen LogP) is 3.75. The molecule has 0 amide bonds. The van der Waals surface area contributed by atoms with Gasteiger partial charge in [0.2, 0.25) is 5.78 Å². The summed E-state index contributed by atoms with van der Waals surface area (Å²) in [6, 6.07) is 7.34. The molecule has 1 N–H and O–H groups in total. The minimum Gasteiger partial charge on any atom is -0.312 e. The molecule has 7 nitrogen and oxygen atoms in total. The van der Waals surface area contributed by atoms with Gasteiger partial charge in [0, 0.05) is 27.8 Å². The van der Waals surface area contributed by atoms with Crippen molar-refractivity contribution in [2.24, 2.45) is 0 Å². The van der Waals surface area contributed by atoms with E-state index in [0.29, 0.717) is 28.7 Å². The van der Waals surface area contributed by atoms with Crippen molar-refractivity contribution in [3.05, 3.63) is 57.8 Å². The molecular formula is C21H27N5O2S. The van der Waals surface area contributed by atoms with E-state index in [1.54, 1.807) is 26.0 Å². The summed E-state index contributed by atoms with van der Waals surface area (Å²) in [7, 11) is -2.80. The summed E-state index contributed by atoms with van der Waals surface area (Å²) in [5, 5.41) is 4.26. The van der Waals surface area contributed by atoms with Gasteiger partial charge in [-0.15, -0.1) is 5.10 Å². The molecule has 1 aromatic carbocycles. The second-order valence-corrected chi connectivity index (χ2v) is 11.0. The third-order valence-electron chi connectivity index (χ3n) is 5.45. The van der Waals surface area contributed by atoms with Crippen molar-refractivity contribution >= 4 is 15.5 Å². The van der Waals surface area contributed by atoms with Crippen LogP contribution in [-0.2, 0) is 16.3 Å². The summed E-state index contributed by atoms with van der Waals surface area (Å²) in [5.74, 6) is 1.74. The van der Waals surface area contributed by atoms with Gasteiger partial charge in [-0.3, -0.25) is 4.79 Å². The summed E-state index contributed by atoms with van der Waals surface area (Å²) in [6.45, 7) is 8.12. The van der Waals surface area contributed by atoms with E-state index in [2.05, 4.69) is 10.1 Å². The van der Waals surface area contributed by atoms with E-state index in [0.717, 1.165) is 24.2 Å². The number of aromatic nitrogens is 4. The summed E-state index contributed by atoms with van der Waals surface area (Å²) in [4.78, 5) is 18.0. The van der Waals surface area contributed by atoms with E-state index in [1.165, 1.54) is 4.52 Å². The third kappa shape index (κ3) is 3.61. The molecule has 1 unspecified atom stereocenters. The van der Waals surface area contributed by atoms with Crippen LogP contribution in [-0.4, -0.2) is 28.6 Å². The Labute approximate surface area is 170 Å². The fourth-order valence-electron chi connectivity index (χ4n) is 3.34. The Bertz CT molecular complexity index is 1220. The molecule has 0 radical (unpaired) electrons. The summed E-state index contributed by atoms with van der Waals surface area (Å²) in [6.07, 6.45) is 4.03. The maximum Gasteiger partial charge on any atom is 0.279 e. The van der Waals surface area contributed by atoms with Crippen molar-refractivity contribution in [3.63, 3.8) is 0 Å². The SMILES string of the molecule is CC(C)c1cn(Cc2ccc(S(=N)(=O)C(C)C)cc2)c2nc(C3CC3)nn2c1=O. The Kier molecular flexibility index (Phi) is 4.85. The number of benzene rings is 1. The fraction of sp³-hybridized carbons (Fsp3) is 0.476. The van der Waals surface area contributed by atoms with Crippen molar-refractivity contribution in [3.8, 4) is 0 Å². The molecule has 0 saturated heterocycles. The smallest absolute Gasteiger partial charge is 0.279 e. The molecule has 1 aliphatic carbocycles. The number of hydrogen-bond acceptors (Lipinski definition) is 5. The predicted molar refractivity (Wildman–Crippen MR) is 113 cm³/mol. The van der Waals surface area contributed by atoms with Crippen LogP contribution in [0.15, 0.2) is 40.2 Å². The second-order valence-electron chi connectivity index (χ2n) is 8.42. The largest absolute Gasteiger partial charge is 0.312 e. The number of nitrogens with zero attached hydrogens (tertiary/aromatic N) is 4. The van der Waals surface area contributed by atoms with Gasteiger partial charge in [-0.1, -0.05) is 26.0 Å². The molecule has 1 atom stereocenters. The van der Waals surface area contributed by atoms with Gasteiger partial charge in [-0.05, 0) is 50.3 Å². The van der Waals surface area contributed by atoms with Gasteiger partial charge in [0.1, 0.15) is 0 Å². The van der Waals surface area contributed by atoms with Crippen molar-refractivity contribution < 1.29 is 4.21 Å². The number of rotatable bonds is 6. The van der Waals surface area contributed by atoms with Gasteiger partial charge >= 0.3 is 0 Å². The van der Waals surface area contributed by atoms with Crippen molar-refractivity contribution in [2.75, 3.05) is 0 Å². The van der Waals surface area contributed by atoms with E-state index in [1.807, 2.05) is 36.7 Å². The third-order valence-corrected chi connectivity index (χ3v) is 7.75. The van der Waals surface area contributed by atoms with Crippen LogP contribution in [0.1, 0.15) is 69.3 Å². The van der Waals surface area contributed by atoms with E-state index in [-0.39, 0.29) is 16.7 Å². The zero-order valence-corrected chi connectivity index (χ0v) is 18.1. The van der Waals surface area contributed by atoms with E-state index >= 15 is 0 Å². The Balaban J connectivity index is 1.75. The second kappa shape index (κ2) is 7.09. The Hall–Kier alpha value is -2.48. The monoisotopic (exact) mass is 413 g/mol. The highest BCUT2D eigenvalue weighted by atomic mass is 32.2. The highest BCUT2D eigenvalue weighted by Crippen LogP contribution is 2.38. The quantitative estimate of drug-likeness (QED) is 0.666. The first kappa shape index (κ1) is 19.8. The van der Waals surface area contributed by atoms with Gasteiger partial charge in [-0.25, -0.2) is 8.99 Å². The van der Waals surface area contributed by atoms with Gasteiger partial charge in [0.15, 0.2) is 5.82 Å². The lowest BCUT2D eigenvalue weighted by molar-refractivity contribution is 0.667. The molecule has 1 aliphatic rings. The van der Waals surface area contributed by atoms with Gasteiger partial charge in [-0.2, -0.15) is 9.50 Å². The molecule has 0 bridgehead atoms. The van der Waals surface area contributed by atoms with Crippen LogP contribution >= 0.6 is 0 Å². The lowest BCUT2D eigenvalue weighted by atomic mass is 10.1. The van der Waals surface area contributed by atoms with Crippen LogP contribution in [0.3, 0.4) is 0 Å². The van der Waals surface area contributed by atoms with Gasteiger partial charge in [0.05, 0.1) is 16.3 Å². The Morgan fingerprint density at radius 1 is 1.17 bits per heavy atom. The van der Waals surface area contributed by atoms with Crippen LogP contribution in [0, 0.1) is 4.78 Å². The van der Waals surface area contributed by atoms with Crippen molar-refractivity contribution in [1.82, 2.24) is 19.2 Å². The molecule has 0 spiro atoms. The first-order valence-electron chi connectivity index (χ1n) is 10.0. The molecule has 3 aromatic rings. The van der Waals surface area contributed by atoms with Gasteiger partial charge < -0.3 is 4.57 Å². The lowest BCUT2D eigenvalue weighted by Crippen LogP contribution is -2.24.